The molecule has 2 N–H and O–H groups in total. The molecule has 0 saturated carbocycles. The van der Waals surface area contributed by atoms with Crippen LogP contribution in [0.5, 0.6) is 5.75 Å². The number of aliphatic hydroxyl groups excluding tert-OH is 1. The van der Waals surface area contributed by atoms with Gasteiger partial charge >= 0.3 is 0 Å². The van der Waals surface area contributed by atoms with E-state index in [4.69, 9.17) is 19.6 Å². The van der Waals surface area contributed by atoms with Gasteiger partial charge in [0.2, 0.25) is 5.90 Å². The molecule has 1 atom stereocenters. The van der Waals surface area contributed by atoms with Crippen LogP contribution in [0.25, 0.3) is 0 Å². The van der Waals surface area contributed by atoms with Crippen LogP contribution in [0.1, 0.15) is 31.4 Å². The molecule has 1 aliphatic rings. The van der Waals surface area contributed by atoms with Gasteiger partial charge in [-0.05, 0) is 41.8 Å². The van der Waals surface area contributed by atoms with Gasteiger partial charge in [0.05, 0.1) is 6.61 Å². The van der Waals surface area contributed by atoms with E-state index in [9.17, 15) is 4.79 Å². The highest BCUT2D eigenvalue weighted by Gasteiger charge is 2.44. The highest BCUT2D eigenvalue weighted by Crippen LogP contribution is 2.30. The normalized spacial score (nSPS) is 17.9. The third-order valence-electron chi connectivity index (χ3n) is 4.97. The van der Waals surface area contributed by atoms with Crippen LogP contribution in [-0.4, -0.2) is 48.8 Å². The minimum atomic E-state index is -1.02. The molecule has 166 valence electrons. The average Bonchev–Trinajstić information content (AvgIpc) is 3.20. The van der Waals surface area contributed by atoms with E-state index in [-0.39, 0.29) is 19.1 Å². The Morgan fingerprint density at radius 1 is 1.26 bits per heavy atom. The van der Waals surface area contributed by atoms with Crippen LogP contribution in [0.4, 0.5) is 0 Å². The summed E-state index contributed by atoms with van der Waals surface area (Å²) in [5.41, 5.74) is 0.772. The van der Waals surface area contributed by atoms with Gasteiger partial charge in [0.1, 0.15) is 12.4 Å². The van der Waals surface area contributed by atoms with Gasteiger partial charge in [-0.15, -0.1) is 0 Å². The summed E-state index contributed by atoms with van der Waals surface area (Å²) in [4.78, 5) is 18.0. The summed E-state index contributed by atoms with van der Waals surface area (Å²) in [5.74, 6) is 1.38. The average molecular weight is 489 g/mol. The Morgan fingerprint density at radius 2 is 2.00 bits per heavy atom. The second-order valence-electron chi connectivity index (χ2n) is 8.06. The molecule has 0 unspecified atom stereocenters. The van der Waals surface area contributed by atoms with Crippen LogP contribution in [0.2, 0.25) is 0 Å². The van der Waals surface area contributed by atoms with Crippen molar-refractivity contribution in [2.75, 3.05) is 26.4 Å². The first-order valence-corrected chi connectivity index (χ1v) is 11.3. The van der Waals surface area contributed by atoms with Crippen molar-refractivity contribution in [3.63, 3.8) is 0 Å². The Labute approximate surface area is 191 Å². The zero-order valence-corrected chi connectivity index (χ0v) is 19.5. The van der Waals surface area contributed by atoms with Crippen molar-refractivity contribution in [3.8, 4) is 5.75 Å². The number of aliphatic imine (C=N–C) groups is 1. The van der Waals surface area contributed by atoms with Gasteiger partial charge in [-0.1, -0.05) is 48.0 Å². The van der Waals surface area contributed by atoms with E-state index in [1.807, 2.05) is 48.5 Å². The molecule has 0 bridgehead atoms. The zero-order valence-electron chi connectivity index (χ0n) is 17.9. The molecule has 1 amide bonds. The van der Waals surface area contributed by atoms with Crippen LogP contribution in [0, 0.1) is 5.92 Å². The number of halogens is 1. The Morgan fingerprint density at radius 3 is 2.68 bits per heavy atom. The molecule has 6 nitrogen and oxygen atoms in total. The lowest BCUT2D eigenvalue weighted by Gasteiger charge is -2.24. The summed E-state index contributed by atoms with van der Waals surface area (Å²) in [6.07, 6.45) is 1.02. The lowest BCUT2D eigenvalue weighted by atomic mass is 9.91. The van der Waals surface area contributed by atoms with Gasteiger partial charge in [-0.3, -0.25) is 4.79 Å². The Balaban J connectivity index is 1.84. The molecule has 0 saturated heterocycles. The summed E-state index contributed by atoms with van der Waals surface area (Å²) in [6, 6.07) is 15.3. The molecular weight excluding hydrogens is 460 g/mol. The number of rotatable bonds is 10. The van der Waals surface area contributed by atoms with Crippen LogP contribution in [-0.2, 0) is 16.0 Å². The molecule has 0 aliphatic carbocycles. The van der Waals surface area contributed by atoms with Crippen molar-refractivity contribution in [1.29, 1.82) is 0 Å². The maximum Gasteiger partial charge on any atom is 0.251 e. The molecule has 0 fully saturated rings. The second kappa shape index (κ2) is 10.8. The first-order chi connectivity index (χ1) is 14.9. The lowest BCUT2D eigenvalue weighted by Crippen LogP contribution is -2.49. The maximum atomic E-state index is 13.2. The number of hydrogen-bond donors (Lipinski definition) is 2. The first-order valence-electron chi connectivity index (χ1n) is 10.5. The van der Waals surface area contributed by atoms with Crippen LogP contribution in [0.3, 0.4) is 0 Å². The van der Waals surface area contributed by atoms with E-state index in [2.05, 4.69) is 35.1 Å². The largest absolute Gasteiger partial charge is 0.494 e. The van der Waals surface area contributed by atoms with Gasteiger partial charge in [-0.25, -0.2) is 4.99 Å². The van der Waals surface area contributed by atoms with Gasteiger partial charge in [0.25, 0.3) is 5.91 Å². The number of carbonyl (C=O) groups is 1. The van der Waals surface area contributed by atoms with E-state index < -0.39 is 5.54 Å². The SMILES string of the molecule is CC(C)CNC(=O)[C@@]1(Cc2ccccc2Br)COC(c2ccc(OCCCO)cc2)=N1. The van der Waals surface area contributed by atoms with E-state index in [0.717, 1.165) is 15.6 Å². The Kier molecular flexibility index (Phi) is 8.09. The first kappa shape index (κ1) is 23.3. The highest BCUT2D eigenvalue weighted by molar-refractivity contribution is 9.10. The van der Waals surface area contributed by atoms with Crippen molar-refractivity contribution in [3.05, 3.63) is 64.1 Å². The predicted octanol–water partition coefficient (Wildman–Crippen LogP) is 3.74. The fourth-order valence-electron chi connectivity index (χ4n) is 3.25. The number of nitrogens with one attached hydrogen (secondary N) is 1. The van der Waals surface area contributed by atoms with E-state index in [1.165, 1.54) is 0 Å². The van der Waals surface area contributed by atoms with Gasteiger partial charge in [0.15, 0.2) is 5.54 Å². The van der Waals surface area contributed by atoms with Crippen molar-refractivity contribution < 1.29 is 19.4 Å². The molecule has 3 rings (SSSR count). The molecule has 2 aromatic rings. The summed E-state index contributed by atoms with van der Waals surface area (Å²) < 4.78 is 12.5. The summed E-state index contributed by atoms with van der Waals surface area (Å²) in [5, 5.41) is 11.9. The smallest absolute Gasteiger partial charge is 0.251 e. The third kappa shape index (κ3) is 6.08. The minimum Gasteiger partial charge on any atom is -0.494 e. The van der Waals surface area contributed by atoms with Crippen molar-refractivity contribution in [1.82, 2.24) is 5.32 Å². The number of ether oxygens (including phenoxy) is 2. The number of amides is 1. The van der Waals surface area contributed by atoms with Crippen molar-refractivity contribution in [2.24, 2.45) is 10.9 Å². The number of benzene rings is 2. The highest BCUT2D eigenvalue weighted by atomic mass is 79.9. The zero-order chi connectivity index (χ0) is 22.3. The molecular formula is C24H29BrN2O4. The number of nitrogens with zero attached hydrogens (tertiary/aromatic N) is 1. The molecule has 0 radical (unpaired) electrons. The molecule has 1 heterocycles. The maximum absolute atomic E-state index is 13.2. The lowest BCUT2D eigenvalue weighted by molar-refractivity contribution is -0.126. The fourth-order valence-corrected chi connectivity index (χ4v) is 3.67. The Hall–Kier alpha value is -2.38. The quantitative estimate of drug-likeness (QED) is 0.499. The second-order valence-corrected chi connectivity index (χ2v) is 8.91. The number of aliphatic hydroxyl groups is 1. The van der Waals surface area contributed by atoms with Crippen LogP contribution < -0.4 is 10.1 Å². The number of hydrogen-bond acceptors (Lipinski definition) is 5. The molecule has 0 aromatic heterocycles. The number of carbonyl (C=O) groups excluding carboxylic acids is 1. The molecule has 7 heteroatoms. The third-order valence-corrected chi connectivity index (χ3v) is 5.74. The standard InChI is InChI=1S/C24H29BrN2O4/c1-17(2)15-26-23(29)24(14-19-6-3-4-7-21(19)25)16-31-22(27-24)18-8-10-20(11-9-18)30-13-5-12-28/h3-4,6-11,17,28H,5,12-16H2,1-2H3,(H,26,29)/t24-/m1/s1. The van der Waals surface area contributed by atoms with Gasteiger partial charge in [0, 0.05) is 36.0 Å². The minimum absolute atomic E-state index is 0.0984. The topological polar surface area (TPSA) is 80.2 Å². The van der Waals surface area contributed by atoms with Gasteiger partial charge in [-0.2, -0.15) is 0 Å². The van der Waals surface area contributed by atoms with Crippen LogP contribution >= 0.6 is 15.9 Å². The summed E-state index contributed by atoms with van der Waals surface area (Å²) >= 11 is 3.58. The van der Waals surface area contributed by atoms with E-state index >= 15 is 0 Å². The molecule has 2 aromatic carbocycles. The Bertz CT molecular complexity index is 914. The monoisotopic (exact) mass is 488 g/mol. The van der Waals surface area contributed by atoms with Crippen molar-refractivity contribution in [2.45, 2.75) is 32.2 Å². The van der Waals surface area contributed by atoms with Crippen LogP contribution in [0.15, 0.2) is 58.0 Å². The molecule has 0 spiro atoms. The summed E-state index contributed by atoms with van der Waals surface area (Å²) in [6.45, 7) is 5.44. The molecule has 31 heavy (non-hydrogen) atoms. The van der Waals surface area contributed by atoms with Crippen molar-refractivity contribution >= 4 is 27.7 Å². The fraction of sp³-hybridized carbons (Fsp3) is 0.417. The van der Waals surface area contributed by atoms with E-state index in [0.29, 0.717) is 43.6 Å². The van der Waals surface area contributed by atoms with Gasteiger partial charge < -0.3 is 19.9 Å². The molecule has 1 aliphatic heterocycles. The van der Waals surface area contributed by atoms with E-state index in [1.54, 1.807) is 0 Å². The predicted molar refractivity (Wildman–Crippen MR) is 125 cm³/mol. The summed E-state index contributed by atoms with van der Waals surface area (Å²) in [7, 11) is 0.